The number of hydrogen-bond donors (Lipinski definition) is 1. The molecule has 0 bridgehead atoms. The Labute approximate surface area is 120 Å². The van der Waals surface area contributed by atoms with Crippen LogP contribution in [0.15, 0.2) is 30.3 Å². The lowest BCUT2D eigenvalue weighted by Gasteiger charge is -2.30. The van der Waals surface area contributed by atoms with Crippen molar-refractivity contribution in [1.29, 1.82) is 0 Å². The molecule has 3 rings (SSSR count). The van der Waals surface area contributed by atoms with Crippen LogP contribution in [0.4, 0.5) is 5.69 Å². The predicted octanol–water partition coefficient (Wildman–Crippen LogP) is 3.46. The summed E-state index contributed by atoms with van der Waals surface area (Å²) < 4.78 is 0. The fraction of sp³-hybridized carbons (Fsp3) is 0.471. The Morgan fingerprint density at radius 2 is 2.10 bits per heavy atom. The Morgan fingerprint density at radius 3 is 2.95 bits per heavy atom. The molecule has 1 atom stereocenters. The Morgan fingerprint density at radius 1 is 1.25 bits per heavy atom. The van der Waals surface area contributed by atoms with Crippen LogP contribution < -0.4 is 10.6 Å². The van der Waals surface area contributed by atoms with Crippen molar-refractivity contribution in [2.75, 3.05) is 11.4 Å². The molecule has 1 fully saturated rings. The van der Waals surface area contributed by atoms with Gasteiger partial charge in [-0.3, -0.25) is 4.98 Å². The van der Waals surface area contributed by atoms with E-state index in [1.807, 2.05) is 6.07 Å². The van der Waals surface area contributed by atoms with Crippen molar-refractivity contribution in [3.8, 4) is 0 Å². The van der Waals surface area contributed by atoms with Gasteiger partial charge in [0.1, 0.15) is 0 Å². The highest BCUT2D eigenvalue weighted by atomic mass is 15.2. The number of anilines is 1. The van der Waals surface area contributed by atoms with Crippen molar-refractivity contribution in [1.82, 2.24) is 4.98 Å². The minimum Gasteiger partial charge on any atom is -0.368 e. The Hall–Kier alpha value is -1.61. The van der Waals surface area contributed by atoms with Crippen LogP contribution in [0.2, 0.25) is 0 Å². The van der Waals surface area contributed by atoms with Gasteiger partial charge in [0.05, 0.1) is 11.2 Å². The summed E-state index contributed by atoms with van der Waals surface area (Å²) >= 11 is 0. The standard InChI is InChI=1S/C17H23N3/c1-13-7-3-2-6-10-20(13)17-11-14(12-18)19-16-9-5-4-8-15(16)17/h4-5,8-9,11,13H,2-3,6-7,10,12,18H2,1H3. The second-order valence-corrected chi connectivity index (χ2v) is 5.75. The Bertz CT molecular complexity index is 594. The van der Waals surface area contributed by atoms with Gasteiger partial charge in [-0.05, 0) is 31.9 Å². The molecule has 1 unspecified atom stereocenters. The highest BCUT2D eigenvalue weighted by molar-refractivity contribution is 5.92. The molecule has 0 amide bonds. The van der Waals surface area contributed by atoms with Crippen LogP contribution in [0, 0.1) is 0 Å². The number of fused-ring (bicyclic) bond motifs is 1. The van der Waals surface area contributed by atoms with Gasteiger partial charge in [0, 0.05) is 30.2 Å². The summed E-state index contributed by atoms with van der Waals surface area (Å²) in [7, 11) is 0. The zero-order chi connectivity index (χ0) is 13.9. The van der Waals surface area contributed by atoms with Gasteiger partial charge in [-0.15, -0.1) is 0 Å². The van der Waals surface area contributed by atoms with Crippen LogP contribution in [0.5, 0.6) is 0 Å². The SMILES string of the molecule is CC1CCCCCN1c1cc(CN)nc2ccccc12. The monoisotopic (exact) mass is 269 g/mol. The number of pyridine rings is 1. The van der Waals surface area contributed by atoms with E-state index >= 15 is 0 Å². The quantitative estimate of drug-likeness (QED) is 0.907. The molecule has 1 saturated heterocycles. The maximum Gasteiger partial charge on any atom is 0.0726 e. The summed E-state index contributed by atoms with van der Waals surface area (Å²) in [6.45, 7) is 3.97. The summed E-state index contributed by atoms with van der Waals surface area (Å²) in [6, 6.07) is 11.2. The Balaban J connectivity index is 2.12. The zero-order valence-electron chi connectivity index (χ0n) is 12.2. The average molecular weight is 269 g/mol. The molecule has 0 radical (unpaired) electrons. The van der Waals surface area contributed by atoms with E-state index < -0.39 is 0 Å². The first-order valence-electron chi connectivity index (χ1n) is 7.65. The highest BCUT2D eigenvalue weighted by Crippen LogP contribution is 2.31. The number of benzene rings is 1. The molecule has 2 N–H and O–H groups in total. The van der Waals surface area contributed by atoms with E-state index in [-0.39, 0.29) is 0 Å². The number of rotatable bonds is 2. The molecule has 3 heteroatoms. The van der Waals surface area contributed by atoms with E-state index in [9.17, 15) is 0 Å². The van der Waals surface area contributed by atoms with E-state index in [1.165, 1.54) is 36.8 Å². The second-order valence-electron chi connectivity index (χ2n) is 5.75. The number of hydrogen-bond acceptors (Lipinski definition) is 3. The number of nitrogens with zero attached hydrogens (tertiary/aromatic N) is 2. The molecule has 106 valence electrons. The first-order valence-corrected chi connectivity index (χ1v) is 7.65. The lowest BCUT2D eigenvalue weighted by Crippen LogP contribution is -2.32. The summed E-state index contributed by atoms with van der Waals surface area (Å²) in [4.78, 5) is 7.20. The van der Waals surface area contributed by atoms with Gasteiger partial charge in [-0.1, -0.05) is 31.0 Å². The lowest BCUT2D eigenvalue weighted by atomic mass is 10.1. The molecule has 0 aliphatic carbocycles. The topological polar surface area (TPSA) is 42.1 Å². The van der Waals surface area contributed by atoms with Crippen molar-refractivity contribution in [3.05, 3.63) is 36.0 Å². The molecule has 0 saturated carbocycles. The van der Waals surface area contributed by atoms with Crippen LogP contribution in [0.1, 0.15) is 38.3 Å². The molecular weight excluding hydrogens is 246 g/mol. The second kappa shape index (κ2) is 5.80. The number of aromatic nitrogens is 1. The fourth-order valence-electron chi connectivity index (χ4n) is 3.19. The summed E-state index contributed by atoms with van der Waals surface area (Å²) in [5.41, 5.74) is 9.17. The first kappa shape index (κ1) is 13.4. The van der Waals surface area contributed by atoms with E-state index in [1.54, 1.807) is 0 Å². The van der Waals surface area contributed by atoms with Crippen molar-refractivity contribution in [2.24, 2.45) is 5.73 Å². The maximum absolute atomic E-state index is 5.82. The minimum atomic E-state index is 0.500. The van der Waals surface area contributed by atoms with Crippen LogP contribution in [0.25, 0.3) is 10.9 Å². The predicted molar refractivity (Wildman–Crippen MR) is 84.9 cm³/mol. The smallest absolute Gasteiger partial charge is 0.0726 e. The molecule has 1 aromatic heterocycles. The third kappa shape index (κ3) is 2.50. The van der Waals surface area contributed by atoms with Crippen molar-refractivity contribution in [3.63, 3.8) is 0 Å². The van der Waals surface area contributed by atoms with Gasteiger partial charge in [0.25, 0.3) is 0 Å². The average Bonchev–Trinajstić information content (AvgIpc) is 2.70. The third-order valence-corrected chi connectivity index (χ3v) is 4.32. The summed E-state index contributed by atoms with van der Waals surface area (Å²) in [6.07, 6.45) is 5.23. The maximum atomic E-state index is 5.82. The number of para-hydroxylation sites is 1. The van der Waals surface area contributed by atoms with Gasteiger partial charge in [-0.25, -0.2) is 0 Å². The molecule has 1 aromatic carbocycles. The van der Waals surface area contributed by atoms with E-state index in [2.05, 4.69) is 41.1 Å². The van der Waals surface area contributed by atoms with Gasteiger partial charge in [-0.2, -0.15) is 0 Å². The van der Waals surface area contributed by atoms with E-state index in [4.69, 9.17) is 5.73 Å². The molecular formula is C17H23N3. The molecule has 3 nitrogen and oxygen atoms in total. The minimum absolute atomic E-state index is 0.500. The normalized spacial score (nSPS) is 20.1. The third-order valence-electron chi connectivity index (χ3n) is 4.32. The molecule has 20 heavy (non-hydrogen) atoms. The molecule has 1 aliphatic heterocycles. The van der Waals surface area contributed by atoms with Gasteiger partial charge < -0.3 is 10.6 Å². The van der Waals surface area contributed by atoms with Crippen LogP contribution in [-0.4, -0.2) is 17.6 Å². The van der Waals surface area contributed by atoms with Crippen LogP contribution in [0.3, 0.4) is 0 Å². The van der Waals surface area contributed by atoms with Crippen molar-refractivity contribution in [2.45, 2.75) is 45.2 Å². The molecule has 0 spiro atoms. The molecule has 2 aromatic rings. The van der Waals surface area contributed by atoms with E-state index in [0.29, 0.717) is 12.6 Å². The molecule has 2 heterocycles. The summed E-state index contributed by atoms with van der Waals surface area (Å²) in [5, 5.41) is 1.25. The number of nitrogens with two attached hydrogens (primary N) is 1. The van der Waals surface area contributed by atoms with Crippen molar-refractivity contribution >= 4 is 16.6 Å². The highest BCUT2D eigenvalue weighted by Gasteiger charge is 2.19. The van der Waals surface area contributed by atoms with Gasteiger partial charge in [0.2, 0.25) is 0 Å². The van der Waals surface area contributed by atoms with Crippen LogP contribution in [-0.2, 0) is 6.54 Å². The van der Waals surface area contributed by atoms with Crippen LogP contribution >= 0.6 is 0 Å². The summed E-state index contributed by atoms with van der Waals surface area (Å²) in [5.74, 6) is 0. The lowest BCUT2D eigenvalue weighted by molar-refractivity contribution is 0.617. The molecule has 1 aliphatic rings. The largest absolute Gasteiger partial charge is 0.368 e. The zero-order valence-corrected chi connectivity index (χ0v) is 12.2. The van der Waals surface area contributed by atoms with Crippen molar-refractivity contribution < 1.29 is 0 Å². The first-order chi connectivity index (χ1) is 9.79. The van der Waals surface area contributed by atoms with Gasteiger partial charge >= 0.3 is 0 Å². The fourth-order valence-corrected chi connectivity index (χ4v) is 3.19. The Kier molecular flexibility index (Phi) is 3.88. The van der Waals surface area contributed by atoms with Gasteiger partial charge in [0.15, 0.2) is 0 Å². The van der Waals surface area contributed by atoms with E-state index in [0.717, 1.165) is 17.8 Å².